The summed E-state index contributed by atoms with van der Waals surface area (Å²) < 4.78 is 75.6. The monoisotopic (exact) mass is 659 g/mol. The highest BCUT2D eigenvalue weighted by Gasteiger charge is 2.60. The van der Waals surface area contributed by atoms with Gasteiger partial charge in [-0.1, -0.05) is 0 Å². The van der Waals surface area contributed by atoms with Crippen LogP contribution in [-0.4, -0.2) is 65.2 Å². The van der Waals surface area contributed by atoms with E-state index in [1.807, 2.05) is 0 Å². The van der Waals surface area contributed by atoms with Crippen LogP contribution in [0.25, 0.3) is 11.3 Å². The van der Waals surface area contributed by atoms with E-state index in [4.69, 9.17) is 19.9 Å². The number of carbonyl (C=O) groups excluding carboxylic acids is 2. The van der Waals surface area contributed by atoms with Gasteiger partial charge < -0.3 is 35.5 Å². The van der Waals surface area contributed by atoms with Crippen molar-refractivity contribution in [1.29, 1.82) is 0 Å². The minimum atomic E-state index is -5.37. The molecular weight excluding hydrogens is 626 g/mol. The lowest BCUT2D eigenvalue weighted by atomic mass is 9.76. The number of hydrogen-bond donors (Lipinski definition) is 4. The van der Waals surface area contributed by atoms with E-state index < -0.39 is 53.2 Å². The number of primary amides is 1. The van der Waals surface area contributed by atoms with E-state index in [0.717, 1.165) is 31.0 Å². The van der Waals surface area contributed by atoms with Gasteiger partial charge >= 0.3 is 6.18 Å². The number of halogens is 4. The summed E-state index contributed by atoms with van der Waals surface area (Å²) in [5.74, 6) is -2.21. The fourth-order valence-corrected chi connectivity index (χ4v) is 5.69. The normalized spacial score (nSPS) is 20.8. The van der Waals surface area contributed by atoms with E-state index in [1.165, 1.54) is 37.3 Å². The SMILES string of the molecule is C[C@@H](O)COc1ccc(C(=O)NCC(O)(c2cc3c(c(-c4ccc(F)cc4)n2)OC[C@]3(C(N)=O)C2CC2)C(F)(F)F)cc1OC1CC1. The lowest BCUT2D eigenvalue weighted by molar-refractivity contribution is -0.265. The number of pyridine rings is 1. The van der Waals surface area contributed by atoms with Crippen LogP contribution in [0.4, 0.5) is 17.6 Å². The Balaban J connectivity index is 1.37. The maximum atomic E-state index is 14.9. The number of nitrogens with two attached hydrogens (primary N) is 1. The summed E-state index contributed by atoms with van der Waals surface area (Å²) in [5.41, 5.74) is -0.276. The number of aromatic nitrogens is 1. The number of aliphatic hydroxyl groups is 2. The Labute approximate surface area is 266 Å². The van der Waals surface area contributed by atoms with Gasteiger partial charge in [0.05, 0.1) is 24.4 Å². The van der Waals surface area contributed by atoms with Gasteiger partial charge in [0, 0.05) is 16.7 Å². The second-order valence-corrected chi connectivity index (χ2v) is 12.3. The van der Waals surface area contributed by atoms with Gasteiger partial charge in [0.2, 0.25) is 11.5 Å². The Kier molecular flexibility index (Phi) is 8.29. The van der Waals surface area contributed by atoms with Crippen molar-refractivity contribution in [2.75, 3.05) is 19.8 Å². The minimum absolute atomic E-state index is 0.0145. The Morgan fingerprint density at radius 3 is 2.40 bits per heavy atom. The van der Waals surface area contributed by atoms with E-state index in [0.29, 0.717) is 12.8 Å². The molecule has 2 fully saturated rings. The Morgan fingerprint density at radius 2 is 1.81 bits per heavy atom. The van der Waals surface area contributed by atoms with Crippen molar-refractivity contribution in [2.45, 2.75) is 62.0 Å². The van der Waals surface area contributed by atoms with Crippen LogP contribution in [0.2, 0.25) is 0 Å². The molecule has 2 heterocycles. The third-order valence-corrected chi connectivity index (χ3v) is 8.63. The fraction of sp³-hybridized carbons (Fsp3) is 0.424. The molecule has 47 heavy (non-hydrogen) atoms. The lowest BCUT2D eigenvalue weighted by Crippen LogP contribution is -2.52. The fourth-order valence-electron chi connectivity index (χ4n) is 5.69. The highest BCUT2D eigenvalue weighted by molar-refractivity contribution is 5.95. The number of benzene rings is 2. The first-order valence-corrected chi connectivity index (χ1v) is 15.2. The number of hydrogen-bond acceptors (Lipinski definition) is 8. The molecule has 14 heteroatoms. The zero-order valence-corrected chi connectivity index (χ0v) is 25.3. The zero-order chi connectivity index (χ0) is 33.7. The van der Waals surface area contributed by atoms with Gasteiger partial charge in [0.15, 0.2) is 11.5 Å². The second-order valence-electron chi connectivity index (χ2n) is 12.3. The molecule has 0 radical (unpaired) electrons. The third-order valence-electron chi connectivity index (χ3n) is 8.63. The summed E-state index contributed by atoms with van der Waals surface area (Å²) in [4.78, 5) is 30.3. The molecule has 3 atom stereocenters. The van der Waals surface area contributed by atoms with Crippen molar-refractivity contribution < 1.29 is 51.6 Å². The number of nitrogens with one attached hydrogen (secondary N) is 1. The molecule has 2 aromatic carbocycles. The number of carbonyl (C=O) groups is 2. The van der Waals surface area contributed by atoms with Crippen LogP contribution >= 0.6 is 0 Å². The third kappa shape index (κ3) is 6.19. The quantitative estimate of drug-likeness (QED) is 0.214. The maximum absolute atomic E-state index is 14.9. The Bertz CT molecular complexity index is 1690. The molecule has 2 saturated carbocycles. The summed E-state index contributed by atoms with van der Waals surface area (Å²) >= 11 is 0. The second kappa shape index (κ2) is 12.0. The van der Waals surface area contributed by atoms with Crippen LogP contribution < -0.4 is 25.3 Å². The first-order valence-electron chi connectivity index (χ1n) is 15.2. The van der Waals surface area contributed by atoms with E-state index in [-0.39, 0.29) is 64.9 Å². The molecule has 10 nitrogen and oxygen atoms in total. The van der Waals surface area contributed by atoms with Crippen LogP contribution in [0.1, 0.15) is 54.2 Å². The molecule has 6 rings (SSSR count). The van der Waals surface area contributed by atoms with Gasteiger partial charge in [0.1, 0.15) is 35.9 Å². The number of rotatable bonds is 12. The van der Waals surface area contributed by atoms with Gasteiger partial charge in [-0.3, -0.25) is 9.59 Å². The van der Waals surface area contributed by atoms with Gasteiger partial charge in [-0.25, -0.2) is 9.37 Å². The molecule has 1 aliphatic heterocycles. The minimum Gasteiger partial charge on any atom is -0.489 e. The molecule has 2 aliphatic carbocycles. The van der Waals surface area contributed by atoms with Crippen LogP contribution in [0.15, 0.2) is 48.5 Å². The van der Waals surface area contributed by atoms with E-state index in [2.05, 4.69) is 10.3 Å². The van der Waals surface area contributed by atoms with Crippen molar-refractivity contribution in [3.63, 3.8) is 0 Å². The largest absolute Gasteiger partial charge is 0.489 e. The smallest absolute Gasteiger partial charge is 0.424 e. The van der Waals surface area contributed by atoms with Gasteiger partial charge in [-0.05, 0) is 87.1 Å². The molecule has 0 spiro atoms. The van der Waals surface area contributed by atoms with Crippen LogP contribution in [0, 0.1) is 11.7 Å². The molecular formula is C33H33F4N3O7. The molecule has 1 aromatic heterocycles. The number of alkyl halides is 3. The van der Waals surface area contributed by atoms with E-state index in [9.17, 15) is 37.4 Å². The summed E-state index contributed by atoms with van der Waals surface area (Å²) in [7, 11) is 0. The maximum Gasteiger partial charge on any atom is 0.424 e. The molecule has 1 unspecified atom stereocenters. The molecule has 0 saturated heterocycles. The average molecular weight is 660 g/mol. The summed E-state index contributed by atoms with van der Waals surface area (Å²) in [6.07, 6.45) is -3.52. The van der Waals surface area contributed by atoms with Crippen molar-refractivity contribution in [2.24, 2.45) is 11.7 Å². The van der Waals surface area contributed by atoms with Crippen LogP contribution in [-0.2, 0) is 15.8 Å². The standard InChI is InChI=1S/C33H33F4N3O7/c1-17(41)14-45-24-11-4-19(12-25(24)47-22-9-10-22)29(42)39-15-32(44,33(35,36)37)26-13-23-28(27(40-26)18-2-7-21(34)8-3-18)46-16-31(23,30(38)43)20-5-6-20/h2-4,7-8,11-13,17,20,22,41,44H,5-6,9-10,14-16H2,1H3,(H2,38,43)(H,39,42)/t17-,31+,32?/m1/s1. The van der Waals surface area contributed by atoms with Crippen LogP contribution in [0.5, 0.6) is 17.2 Å². The van der Waals surface area contributed by atoms with E-state index >= 15 is 0 Å². The lowest BCUT2D eigenvalue weighted by Gasteiger charge is -2.32. The Hall–Kier alpha value is -4.43. The zero-order valence-electron chi connectivity index (χ0n) is 25.3. The first-order chi connectivity index (χ1) is 22.2. The van der Waals surface area contributed by atoms with Crippen molar-refractivity contribution in [3.8, 4) is 28.5 Å². The molecule has 250 valence electrons. The summed E-state index contributed by atoms with van der Waals surface area (Å²) in [6.45, 7) is -0.111. The van der Waals surface area contributed by atoms with Gasteiger partial charge in [-0.2, -0.15) is 13.2 Å². The number of fused-ring (bicyclic) bond motifs is 1. The molecule has 3 aliphatic rings. The van der Waals surface area contributed by atoms with Crippen LogP contribution in [0.3, 0.4) is 0 Å². The predicted molar refractivity (Wildman–Crippen MR) is 158 cm³/mol. The average Bonchev–Trinajstić information content (AvgIpc) is 3.97. The summed E-state index contributed by atoms with van der Waals surface area (Å²) in [6, 6.07) is 9.75. The predicted octanol–water partition coefficient (Wildman–Crippen LogP) is 3.89. The summed E-state index contributed by atoms with van der Waals surface area (Å²) in [5, 5.41) is 23.1. The molecule has 0 bridgehead atoms. The van der Waals surface area contributed by atoms with Crippen molar-refractivity contribution >= 4 is 11.8 Å². The highest BCUT2D eigenvalue weighted by Crippen LogP contribution is 2.56. The Morgan fingerprint density at radius 1 is 1.11 bits per heavy atom. The number of nitrogens with zero attached hydrogens (tertiary/aromatic N) is 1. The molecule has 3 aromatic rings. The van der Waals surface area contributed by atoms with Gasteiger partial charge in [-0.15, -0.1) is 0 Å². The highest BCUT2D eigenvalue weighted by atomic mass is 19.4. The number of ether oxygens (including phenoxy) is 3. The van der Waals surface area contributed by atoms with Gasteiger partial charge in [0.25, 0.3) is 5.91 Å². The van der Waals surface area contributed by atoms with Crippen molar-refractivity contribution in [3.05, 3.63) is 71.2 Å². The molecule has 5 N–H and O–H groups in total. The first kappa shape index (κ1) is 32.5. The number of aliphatic hydroxyl groups excluding tert-OH is 1. The number of amides is 2. The van der Waals surface area contributed by atoms with Crippen molar-refractivity contribution in [1.82, 2.24) is 10.3 Å². The topological polar surface area (TPSA) is 153 Å². The van der Waals surface area contributed by atoms with E-state index in [1.54, 1.807) is 0 Å². The molecule has 2 amide bonds.